The highest BCUT2D eigenvalue weighted by molar-refractivity contribution is 6.23. The molecule has 0 atom stereocenters. The average molecular weight is 247 g/mol. The molecule has 0 heterocycles. The Labute approximate surface area is 110 Å². The molecule has 0 fully saturated rings. The van der Waals surface area contributed by atoms with E-state index in [9.17, 15) is 0 Å². The number of benzene rings is 4. The van der Waals surface area contributed by atoms with Crippen molar-refractivity contribution in [2.75, 3.05) is 0 Å². The summed E-state index contributed by atoms with van der Waals surface area (Å²) in [6.07, 6.45) is 0. The molecule has 0 saturated carbocycles. The lowest BCUT2D eigenvalue weighted by molar-refractivity contribution is 0.125. The highest BCUT2D eigenvalue weighted by Gasteiger charge is 2.10. The Morgan fingerprint density at radius 1 is 0.789 bits per heavy atom. The predicted octanol–water partition coefficient (Wildman–Crippen LogP) is 3.97. The number of hydrogen-bond donors (Lipinski definition) is 1. The second-order valence-corrected chi connectivity index (χ2v) is 4.90. The predicted molar refractivity (Wildman–Crippen MR) is 79.1 cm³/mol. The van der Waals surface area contributed by atoms with Crippen LogP contribution in [0.1, 0.15) is 5.56 Å². The number of nitrogens with two attached hydrogens (primary N) is 1. The van der Waals surface area contributed by atoms with Crippen LogP contribution in [0.15, 0.2) is 54.6 Å². The monoisotopic (exact) mass is 247 g/mol. The quantitative estimate of drug-likeness (QED) is 0.429. The molecule has 4 aromatic carbocycles. The summed E-state index contributed by atoms with van der Waals surface area (Å²) < 4.78 is 0. The van der Waals surface area contributed by atoms with E-state index in [0.717, 1.165) is 5.56 Å². The maximum absolute atomic E-state index is 5.26. The molecule has 4 rings (SSSR count). The van der Waals surface area contributed by atoms with Gasteiger partial charge in [0.1, 0.15) is 0 Å². The first-order valence-corrected chi connectivity index (χ1v) is 6.35. The van der Waals surface area contributed by atoms with Crippen LogP contribution in [-0.4, -0.2) is 0 Å². The van der Waals surface area contributed by atoms with E-state index in [2.05, 4.69) is 54.6 Å². The second kappa shape index (κ2) is 3.92. The van der Waals surface area contributed by atoms with Gasteiger partial charge in [-0.25, -0.2) is 5.90 Å². The lowest BCUT2D eigenvalue weighted by Gasteiger charge is -2.13. The van der Waals surface area contributed by atoms with Crippen LogP contribution in [0.3, 0.4) is 0 Å². The Morgan fingerprint density at radius 3 is 2.26 bits per heavy atom. The SMILES string of the molecule is NOCc1cc2cccc3ccc4cccc1c4c32. The average Bonchev–Trinajstić information content (AvgIpc) is 2.46. The van der Waals surface area contributed by atoms with E-state index < -0.39 is 0 Å². The minimum absolute atomic E-state index is 0.434. The van der Waals surface area contributed by atoms with Crippen molar-refractivity contribution in [2.24, 2.45) is 5.90 Å². The van der Waals surface area contributed by atoms with Gasteiger partial charge in [-0.3, -0.25) is 4.84 Å². The second-order valence-electron chi connectivity index (χ2n) is 4.90. The maximum atomic E-state index is 5.26. The molecule has 2 nitrogen and oxygen atoms in total. The summed E-state index contributed by atoms with van der Waals surface area (Å²) in [6, 6.07) is 19.3. The Kier molecular flexibility index (Phi) is 2.21. The van der Waals surface area contributed by atoms with E-state index in [0.29, 0.717) is 6.61 Å². The van der Waals surface area contributed by atoms with E-state index in [1.165, 1.54) is 32.3 Å². The summed E-state index contributed by atoms with van der Waals surface area (Å²) in [5.74, 6) is 5.26. The normalized spacial score (nSPS) is 11.8. The van der Waals surface area contributed by atoms with Gasteiger partial charge in [-0.2, -0.15) is 0 Å². The van der Waals surface area contributed by atoms with Gasteiger partial charge in [-0.15, -0.1) is 0 Å². The summed E-state index contributed by atoms with van der Waals surface area (Å²) in [4.78, 5) is 4.86. The van der Waals surface area contributed by atoms with Crippen molar-refractivity contribution in [2.45, 2.75) is 6.61 Å². The van der Waals surface area contributed by atoms with Gasteiger partial charge in [0.25, 0.3) is 0 Å². The summed E-state index contributed by atoms with van der Waals surface area (Å²) >= 11 is 0. The van der Waals surface area contributed by atoms with Crippen molar-refractivity contribution >= 4 is 32.3 Å². The van der Waals surface area contributed by atoms with Crippen LogP contribution in [0.2, 0.25) is 0 Å². The minimum Gasteiger partial charge on any atom is -0.300 e. The minimum atomic E-state index is 0.434. The largest absolute Gasteiger partial charge is 0.300 e. The van der Waals surface area contributed by atoms with Gasteiger partial charge < -0.3 is 0 Å². The van der Waals surface area contributed by atoms with Gasteiger partial charge in [-0.05, 0) is 43.9 Å². The van der Waals surface area contributed by atoms with Gasteiger partial charge in [0.15, 0.2) is 0 Å². The zero-order chi connectivity index (χ0) is 12.8. The Hall–Kier alpha value is -2.16. The molecule has 0 unspecified atom stereocenters. The molecule has 0 saturated heterocycles. The molecule has 92 valence electrons. The smallest absolute Gasteiger partial charge is 0.0936 e. The fraction of sp³-hybridized carbons (Fsp3) is 0.0588. The zero-order valence-corrected chi connectivity index (χ0v) is 10.4. The Bertz CT molecular complexity index is 882. The van der Waals surface area contributed by atoms with Gasteiger partial charge >= 0.3 is 0 Å². The highest BCUT2D eigenvalue weighted by Crippen LogP contribution is 2.36. The maximum Gasteiger partial charge on any atom is 0.0936 e. The van der Waals surface area contributed by atoms with Crippen LogP contribution in [0.25, 0.3) is 32.3 Å². The molecule has 2 N–H and O–H groups in total. The summed E-state index contributed by atoms with van der Waals surface area (Å²) in [6.45, 7) is 0.434. The summed E-state index contributed by atoms with van der Waals surface area (Å²) in [5, 5.41) is 7.66. The van der Waals surface area contributed by atoms with Gasteiger partial charge in [-0.1, -0.05) is 48.5 Å². The van der Waals surface area contributed by atoms with E-state index in [1.54, 1.807) is 0 Å². The lowest BCUT2D eigenvalue weighted by atomic mass is 9.91. The highest BCUT2D eigenvalue weighted by atomic mass is 16.6. The molecule has 19 heavy (non-hydrogen) atoms. The van der Waals surface area contributed by atoms with Crippen LogP contribution >= 0.6 is 0 Å². The van der Waals surface area contributed by atoms with Crippen LogP contribution in [0.5, 0.6) is 0 Å². The molecule has 2 heteroatoms. The molecule has 0 aliphatic rings. The van der Waals surface area contributed by atoms with Crippen LogP contribution in [0, 0.1) is 0 Å². The molecule has 0 amide bonds. The van der Waals surface area contributed by atoms with Gasteiger partial charge in [0.05, 0.1) is 6.61 Å². The molecular formula is C17H13NO. The summed E-state index contributed by atoms with van der Waals surface area (Å²) in [5.41, 5.74) is 1.14. The molecule has 0 bridgehead atoms. The standard InChI is InChI=1S/C17H13NO/c18-19-10-14-9-13-5-1-3-11-7-8-12-4-2-6-15(14)17(12)16(11)13/h1-9H,10,18H2. The van der Waals surface area contributed by atoms with Crippen molar-refractivity contribution in [3.05, 3.63) is 60.2 Å². The van der Waals surface area contributed by atoms with Crippen molar-refractivity contribution < 1.29 is 4.84 Å². The Morgan fingerprint density at radius 2 is 1.47 bits per heavy atom. The van der Waals surface area contributed by atoms with Crippen LogP contribution in [0.4, 0.5) is 0 Å². The topological polar surface area (TPSA) is 35.2 Å². The van der Waals surface area contributed by atoms with E-state index in [-0.39, 0.29) is 0 Å². The number of rotatable bonds is 2. The third-order valence-electron chi connectivity index (χ3n) is 3.83. The van der Waals surface area contributed by atoms with Crippen LogP contribution in [-0.2, 0) is 11.4 Å². The fourth-order valence-electron chi connectivity index (χ4n) is 3.05. The van der Waals surface area contributed by atoms with Crippen LogP contribution < -0.4 is 5.90 Å². The molecule has 0 aliphatic heterocycles. The van der Waals surface area contributed by atoms with Crippen molar-refractivity contribution in [3.63, 3.8) is 0 Å². The van der Waals surface area contributed by atoms with Crippen molar-refractivity contribution in [1.82, 2.24) is 0 Å². The molecular weight excluding hydrogens is 234 g/mol. The molecule has 0 aromatic heterocycles. The van der Waals surface area contributed by atoms with E-state index in [1.807, 2.05) is 0 Å². The first-order chi connectivity index (χ1) is 9.38. The first kappa shape index (κ1) is 10.7. The molecule has 0 radical (unpaired) electrons. The molecule has 0 spiro atoms. The molecule has 0 aliphatic carbocycles. The van der Waals surface area contributed by atoms with E-state index in [4.69, 9.17) is 10.7 Å². The third-order valence-corrected chi connectivity index (χ3v) is 3.83. The third kappa shape index (κ3) is 1.44. The van der Waals surface area contributed by atoms with Crippen molar-refractivity contribution in [1.29, 1.82) is 0 Å². The van der Waals surface area contributed by atoms with Gasteiger partial charge in [0, 0.05) is 0 Å². The fourth-order valence-corrected chi connectivity index (χ4v) is 3.05. The van der Waals surface area contributed by atoms with Crippen molar-refractivity contribution in [3.8, 4) is 0 Å². The number of hydrogen-bond acceptors (Lipinski definition) is 2. The van der Waals surface area contributed by atoms with E-state index >= 15 is 0 Å². The lowest BCUT2D eigenvalue weighted by Crippen LogP contribution is -2.00. The molecule has 4 aromatic rings. The van der Waals surface area contributed by atoms with Gasteiger partial charge in [0.2, 0.25) is 0 Å². The Balaban J connectivity index is 2.31. The first-order valence-electron chi connectivity index (χ1n) is 6.35. The summed E-state index contributed by atoms with van der Waals surface area (Å²) in [7, 11) is 0. The zero-order valence-electron chi connectivity index (χ0n) is 10.4.